The fraction of sp³-hybridized carbons (Fsp3) is 0.318. The van der Waals surface area contributed by atoms with Crippen LogP contribution in [0.3, 0.4) is 0 Å². The lowest BCUT2D eigenvalue weighted by Crippen LogP contribution is -2.48. The zero-order valence-corrected chi connectivity index (χ0v) is 17.1. The lowest BCUT2D eigenvalue weighted by Gasteiger charge is -2.31. The first-order valence-corrected chi connectivity index (χ1v) is 9.76. The summed E-state index contributed by atoms with van der Waals surface area (Å²) in [6.07, 6.45) is 0.682. The van der Waals surface area contributed by atoms with Gasteiger partial charge in [0.2, 0.25) is 11.8 Å². The number of rotatable bonds is 8. The number of hydrogen-bond donors (Lipinski definition) is 1. The van der Waals surface area contributed by atoms with E-state index in [1.165, 1.54) is 16.9 Å². The van der Waals surface area contributed by atoms with Crippen molar-refractivity contribution < 1.29 is 23.9 Å². The van der Waals surface area contributed by atoms with Gasteiger partial charge in [-0.05, 0) is 30.7 Å². The first-order valence-electron chi connectivity index (χ1n) is 9.76. The monoisotopic (exact) mass is 411 g/mol. The van der Waals surface area contributed by atoms with Crippen LogP contribution < -0.4 is 19.7 Å². The van der Waals surface area contributed by atoms with Gasteiger partial charge in [-0.3, -0.25) is 19.3 Å². The Kier molecular flexibility index (Phi) is 6.90. The fourth-order valence-electron chi connectivity index (χ4n) is 3.24. The van der Waals surface area contributed by atoms with E-state index in [0.717, 1.165) is 0 Å². The molecule has 3 amide bonds. The van der Waals surface area contributed by atoms with Crippen molar-refractivity contribution >= 4 is 29.1 Å². The minimum atomic E-state index is -0.338. The van der Waals surface area contributed by atoms with E-state index < -0.39 is 0 Å². The van der Waals surface area contributed by atoms with Gasteiger partial charge in [0, 0.05) is 6.54 Å². The van der Waals surface area contributed by atoms with E-state index in [0.29, 0.717) is 35.8 Å². The number of nitrogens with zero attached hydrogens (tertiary/aromatic N) is 2. The van der Waals surface area contributed by atoms with Gasteiger partial charge >= 0.3 is 0 Å². The summed E-state index contributed by atoms with van der Waals surface area (Å²) in [5.41, 5.74) is 1.09. The lowest BCUT2D eigenvalue weighted by atomic mass is 10.2. The topological polar surface area (TPSA) is 88.2 Å². The molecule has 8 heteroatoms. The molecule has 0 fully saturated rings. The van der Waals surface area contributed by atoms with Gasteiger partial charge in [-0.15, -0.1) is 0 Å². The van der Waals surface area contributed by atoms with Crippen LogP contribution in [0.1, 0.15) is 13.3 Å². The number of carbonyl (C=O) groups is 3. The fourth-order valence-corrected chi connectivity index (χ4v) is 3.24. The van der Waals surface area contributed by atoms with Crippen LogP contribution in [0.2, 0.25) is 0 Å². The van der Waals surface area contributed by atoms with Gasteiger partial charge in [0.05, 0.1) is 25.0 Å². The second-order valence-corrected chi connectivity index (χ2v) is 6.80. The maximum absolute atomic E-state index is 13.0. The van der Waals surface area contributed by atoms with Crippen molar-refractivity contribution in [1.29, 1.82) is 0 Å². The molecule has 1 aliphatic rings. The van der Waals surface area contributed by atoms with E-state index in [1.54, 1.807) is 48.5 Å². The summed E-state index contributed by atoms with van der Waals surface area (Å²) >= 11 is 0. The summed E-state index contributed by atoms with van der Waals surface area (Å²) in [5, 5.41) is 2.77. The molecule has 0 saturated carbocycles. The molecule has 0 unspecified atom stereocenters. The number of ether oxygens (including phenoxy) is 2. The number of amides is 3. The molecular weight excluding hydrogens is 386 g/mol. The zero-order chi connectivity index (χ0) is 21.5. The van der Waals surface area contributed by atoms with Crippen LogP contribution in [-0.4, -0.2) is 56.0 Å². The first kappa shape index (κ1) is 21.2. The van der Waals surface area contributed by atoms with Crippen LogP contribution in [0.4, 0.5) is 11.4 Å². The van der Waals surface area contributed by atoms with Gasteiger partial charge < -0.3 is 19.7 Å². The molecule has 0 saturated heterocycles. The normalized spacial score (nSPS) is 12.6. The van der Waals surface area contributed by atoms with Crippen LogP contribution >= 0.6 is 0 Å². The smallest absolute Gasteiger partial charge is 0.265 e. The standard InChI is InChI=1S/C22H25N3O5/c1-3-12-24(13-20(26)23-16-8-4-6-10-18(16)29-2)21(27)14-25-17-9-5-7-11-19(17)30-15-22(25)28/h4-11H,3,12-15H2,1-2H3,(H,23,26). The third kappa shape index (κ3) is 4.89. The third-order valence-corrected chi connectivity index (χ3v) is 4.66. The van der Waals surface area contributed by atoms with E-state index in [2.05, 4.69) is 5.32 Å². The van der Waals surface area contributed by atoms with Crippen LogP contribution in [0.25, 0.3) is 0 Å². The first-order chi connectivity index (χ1) is 14.5. The second kappa shape index (κ2) is 9.78. The maximum atomic E-state index is 13.0. The molecule has 1 N–H and O–H groups in total. The zero-order valence-electron chi connectivity index (χ0n) is 17.1. The molecule has 0 radical (unpaired) electrons. The molecule has 8 nitrogen and oxygen atoms in total. The minimum absolute atomic E-state index is 0.119. The summed E-state index contributed by atoms with van der Waals surface area (Å²) in [6.45, 7) is 1.93. The number of para-hydroxylation sites is 4. The van der Waals surface area contributed by atoms with Crippen LogP contribution in [-0.2, 0) is 14.4 Å². The molecule has 158 valence electrons. The lowest BCUT2D eigenvalue weighted by molar-refractivity contribution is -0.134. The molecule has 3 rings (SSSR count). The number of anilines is 2. The summed E-state index contributed by atoms with van der Waals surface area (Å²) in [7, 11) is 1.52. The van der Waals surface area contributed by atoms with Gasteiger partial charge in [-0.25, -0.2) is 0 Å². The predicted molar refractivity (Wildman–Crippen MR) is 113 cm³/mol. The summed E-state index contributed by atoms with van der Waals surface area (Å²) in [6, 6.07) is 14.1. The van der Waals surface area contributed by atoms with Gasteiger partial charge in [-0.2, -0.15) is 0 Å². The molecule has 0 aromatic heterocycles. The number of hydrogen-bond acceptors (Lipinski definition) is 5. The number of fused-ring (bicyclic) bond motifs is 1. The Morgan fingerprint density at radius 1 is 1.17 bits per heavy atom. The number of benzene rings is 2. The molecule has 0 aliphatic carbocycles. The van der Waals surface area contributed by atoms with Crippen LogP contribution in [0.5, 0.6) is 11.5 Å². The Bertz CT molecular complexity index is 930. The predicted octanol–water partition coefficient (Wildman–Crippen LogP) is 2.30. The van der Waals surface area contributed by atoms with Crippen molar-refractivity contribution in [3.05, 3.63) is 48.5 Å². The van der Waals surface area contributed by atoms with Crippen LogP contribution in [0.15, 0.2) is 48.5 Å². The molecule has 1 aliphatic heterocycles. The van der Waals surface area contributed by atoms with Crippen molar-refractivity contribution in [2.45, 2.75) is 13.3 Å². The van der Waals surface area contributed by atoms with Gasteiger partial charge in [0.15, 0.2) is 6.61 Å². The summed E-state index contributed by atoms with van der Waals surface area (Å²) in [4.78, 5) is 40.7. The Hall–Kier alpha value is -3.55. The Labute approximate surface area is 175 Å². The molecular formula is C22H25N3O5. The Morgan fingerprint density at radius 3 is 2.67 bits per heavy atom. The largest absolute Gasteiger partial charge is 0.495 e. The molecule has 0 spiro atoms. The van der Waals surface area contributed by atoms with Crippen molar-refractivity contribution in [2.75, 3.05) is 43.6 Å². The van der Waals surface area contributed by atoms with Crippen molar-refractivity contribution in [1.82, 2.24) is 4.90 Å². The van der Waals surface area contributed by atoms with Gasteiger partial charge in [-0.1, -0.05) is 31.2 Å². The SMILES string of the molecule is CCCN(CC(=O)Nc1ccccc1OC)C(=O)CN1C(=O)COc2ccccc21. The second-order valence-electron chi connectivity index (χ2n) is 6.80. The van der Waals surface area contributed by atoms with Gasteiger partial charge in [0.1, 0.15) is 18.0 Å². The molecule has 0 bridgehead atoms. The van der Waals surface area contributed by atoms with E-state index >= 15 is 0 Å². The van der Waals surface area contributed by atoms with E-state index in [9.17, 15) is 14.4 Å². The highest BCUT2D eigenvalue weighted by atomic mass is 16.5. The molecule has 2 aromatic carbocycles. The quantitative estimate of drug-likeness (QED) is 0.720. The summed E-state index contributed by atoms with van der Waals surface area (Å²) < 4.78 is 10.7. The van der Waals surface area contributed by atoms with Crippen molar-refractivity contribution in [2.24, 2.45) is 0 Å². The third-order valence-electron chi connectivity index (χ3n) is 4.66. The number of methoxy groups -OCH3 is 1. The highest BCUT2D eigenvalue weighted by Crippen LogP contribution is 2.31. The molecule has 0 atom stereocenters. The average molecular weight is 411 g/mol. The number of carbonyl (C=O) groups excluding carboxylic acids is 3. The summed E-state index contributed by atoms with van der Waals surface area (Å²) in [5.74, 6) is 0.152. The van der Waals surface area contributed by atoms with E-state index in [4.69, 9.17) is 9.47 Å². The minimum Gasteiger partial charge on any atom is -0.495 e. The van der Waals surface area contributed by atoms with Crippen molar-refractivity contribution in [3.63, 3.8) is 0 Å². The molecule has 2 aromatic rings. The van der Waals surface area contributed by atoms with Crippen molar-refractivity contribution in [3.8, 4) is 11.5 Å². The van der Waals surface area contributed by atoms with E-state index in [1.807, 2.05) is 6.92 Å². The number of nitrogens with one attached hydrogen (secondary N) is 1. The van der Waals surface area contributed by atoms with Crippen LogP contribution in [0, 0.1) is 0 Å². The molecule has 30 heavy (non-hydrogen) atoms. The average Bonchev–Trinajstić information content (AvgIpc) is 2.75. The van der Waals surface area contributed by atoms with Gasteiger partial charge in [0.25, 0.3) is 5.91 Å². The highest BCUT2D eigenvalue weighted by Gasteiger charge is 2.29. The van der Waals surface area contributed by atoms with E-state index in [-0.39, 0.29) is 37.4 Å². The Balaban J connectivity index is 1.69. The molecule has 1 heterocycles. The Morgan fingerprint density at radius 2 is 1.90 bits per heavy atom. The highest BCUT2D eigenvalue weighted by molar-refractivity contribution is 6.03. The maximum Gasteiger partial charge on any atom is 0.265 e.